The third-order valence-corrected chi connectivity index (χ3v) is 9.53. The van der Waals surface area contributed by atoms with E-state index in [2.05, 4.69) is 40.5 Å². The molecule has 0 radical (unpaired) electrons. The molecule has 7 heteroatoms. The molecule has 3 unspecified atom stereocenters. The summed E-state index contributed by atoms with van der Waals surface area (Å²) in [4.78, 5) is 0. The Bertz CT molecular complexity index is 889. The van der Waals surface area contributed by atoms with Gasteiger partial charge >= 0.3 is 0 Å². The third kappa shape index (κ3) is 5.85. The minimum Gasteiger partial charge on any atom is -0.387 e. The first-order valence-electron chi connectivity index (χ1n) is 14.6. The quantitative estimate of drug-likeness (QED) is 0.381. The van der Waals surface area contributed by atoms with E-state index < -0.39 is 18.0 Å². The van der Waals surface area contributed by atoms with Crippen molar-refractivity contribution in [3.05, 3.63) is 36.5 Å². The van der Waals surface area contributed by atoms with Crippen LogP contribution in [0.1, 0.15) is 72.6 Å². The Labute approximate surface area is 228 Å². The van der Waals surface area contributed by atoms with Gasteiger partial charge in [0.1, 0.15) is 24.4 Å². The van der Waals surface area contributed by atoms with Gasteiger partial charge < -0.3 is 33.5 Å². The van der Waals surface area contributed by atoms with Crippen LogP contribution in [0, 0.1) is 11.8 Å². The summed E-state index contributed by atoms with van der Waals surface area (Å²) in [7, 11) is 0. The maximum absolute atomic E-state index is 10.9. The molecule has 0 amide bonds. The lowest BCUT2D eigenvalue weighted by Gasteiger charge is -2.34. The van der Waals surface area contributed by atoms with Crippen molar-refractivity contribution in [1.82, 2.24) is 0 Å². The van der Waals surface area contributed by atoms with E-state index in [4.69, 9.17) is 28.4 Å². The van der Waals surface area contributed by atoms with Gasteiger partial charge in [-0.15, -0.1) is 0 Å². The number of hydrogen-bond acceptors (Lipinski definition) is 7. The van der Waals surface area contributed by atoms with Crippen LogP contribution in [0.5, 0.6) is 0 Å². The molecule has 0 aromatic rings. The Morgan fingerprint density at radius 2 is 1.87 bits per heavy atom. The van der Waals surface area contributed by atoms with E-state index >= 15 is 0 Å². The van der Waals surface area contributed by atoms with Gasteiger partial charge in [0, 0.05) is 12.8 Å². The fourth-order valence-electron chi connectivity index (χ4n) is 6.78. The zero-order valence-electron chi connectivity index (χ0n) is 23.7. The highest BCUT2D eigenvalue weighted by Gasteiger charge is 2.63. The van der Waals surface area contributed by atoms with E-state index in [0.29, 0.717) is 32.0 Å². The van der Waals surface area contributed by atoms with Crippen LogP contribution in [0.2, 0.25) is 0 Å². The van der Waals surface area contributed by atoms with Gasteiger partial charge in [0.05, 0.1) is 43.7 Å². The Kier molecular flexibility index (Phi) is 8.57. The lowest BCUT2D eigenvalue weighted by atomic mass is 9.87. The molecule has 6 saturated heterocycles. The predicted octanol–water partition coefficient (Wildman–Crippen LogP) is 4.87. The molecular formula is C31H48O7. The van der Waals surface area contributed by atoms with Gasteiger partial charge in [-0.2, -0.15) is 0 Å². The molecule has 0 saturated carbocycles. The van der Waals surface area contributed by atoms with Gasteiger partial charge in [-0.25, -0.2) is 0 Å². The average Bonchev–Trinajstić information content (AvgIpc) is 3.43. The molecule has 0 spiro atoms. The van der Waals surface area contributed by atoms with Crippen molar-refractivity contribution in [3.8, 4) is 0 Å². The normalized spacial score (nSPS) is 45.1. The number of ether oxygens (including phenoxy) is 6. The van der Waals surface area contributed by atoms with Crippen LogP contribution in [0.25, 0.3) is 0 Å². The molecule has 4 bridgehead atoms. The molecule has 38 heavy (non-hydrogen) atoms. The summed E-state index contributed by atoms with van der Waals surface area (Å²) in [5, 5.41) is 10.9. The summed E-state index contributed by atoms with van der Waals surface area (Å²) in [6.45, 7) is 21.9. The van der Waals surface area contributed by atoms with Gasteiger partial charge in [0.15, 0.2) is 5.79 Å². The van der Waals surface area contributed by atoms with E-state index in [1.807, 2.05) is 6.92 Å². The summed E-state index contributed by atoms with van der Waals surface area (Å²) in [5.41, 5.74) is 3.45. The maximum Gasteiger partial charge on any atom is 0.172 e. The van der Waals surface area contributed by atoms with Crippen LogP contribution in [0.4, 0.5) is 0 Å². The monoisotopic (exact) mass is 532 g/mol. The summed E-state index contributed by atoms with van der Waals surface area (Å²) >= 11 is 0. The fraction of sp³-hybridized carbons (Fsp3) is 0.806. The van der Waals surface area contributed by atoms with Gasteiger partial charge in [0.2, 0.25) is 0 Å². The smallest absolute Gasteiger partial charge is 0.172 e. The summed E-state index contributed by atoms with van der Waals surface area (Å²) in [5.74, 6) is -0.0166. The molecule has 214 valence electrons. The first-order chi connectivity index (χ1) is 18.0. The molecule has 0 aromatic heterocycles. The Morgan fingerprint density at radius 1 is 1.08 bits per heavy atom. The van der Waals surface area contributed by atoms with Gasteiger partial charge in [0.25, 0.3) is 0 Å². The van der Waals surface area contributed by atoms with Crippen molar-refractivity contribution in [2.75, 3.05) is 13.2 Å². The standard InChI is InChI=1S/C31H48O7/c1-17(2)20(5)15-33-16-27-29-28(32)30-26(36-29)14-31(37-27,38-30)11-10-24-13-19(4)25(35-24)9-8-23-12-18(3)21(6)22(7)34-23/h18,20,22-30,32H,1,4,6,8-16H2,2-3,5,7H3/t18-,20+,22-,23+,24+,25+,26-,27?,28?,29?,30+,31-/m0/s1. The van der Waals surface area contributed by atoms with Crippen LogP contribution in [-0.2, 0) is 28.4 Å². The summed E-state index contributed by atoms with van der Waals surface area (Å²) in [6, 6.07) is 0. The SMILES string of the molecule is C=C(C)[C@H](C)COCC1O[C@]2(CC[C@@H]3CC(=C)[C@@H](CC[C@@H]4C[C@H](C)C(=C)[C@H](C)O4)O3)C[C@@H]3OC1C(O)[C@@H]3O2. The number of aliphatic hydroxyl groups is 1. The molecule has 0 aliphatic carbocycles. The molecule has 6 fully saturated rings. The molecule has 6 aliphatic heterocycles. The van der Waals surface area contributed by atoms with Crippen LogP contribution >= 0.6 is 0 Å². The molecular weight excluding hydrogens is 484 g/mol. The minimum atomic E-state index is -0.775. The summed E-state index contributed by atoms with van der Waals surface area (Å²) in [6.07, 6.45) is 4.45. The van der Waals surface area contributed by atoms with Crippen molar-refractivity contribution in [2.24, 2.45) is 11.8 Å². The molecule has 7 nitrogen and oxygen atoms in total. The molecule has 6 aliphatic rings. The van der Waals surface area contributed by atoms with E-state index in [-0.39, 0.29) is 48.6 Å². The van der Waals surface area contributed by atoms with Gasteiger partial charge in [-0.05, 0) is 68.9 Å². The second kappa shape index (κ2) is 11.4. The van der Waals surface area contributed by atoms with Crippen LogP contribution < -0.4 is 0 Å². The number of rotatable bonds is 11. The highest BCUT2D eigenvalue weighted by atomic mass is 16.8. The third-order valence-electron chi connectivity index (χ3n) is 9.53. The number of aliphatic hydroxyl groups excluding tert-OH is 1. The average molecular weight is 533 g/mol. The number of fused-ring (bicyclic) bond motifs is 1. The Morgan fingerprint density at radius 3 is 2.58 bits per heavy atom. The van der Waals surface area contributed by atoms with Crippen LogP contribution in [0.15, 0.2) is 36.5 Å². The van der Waals surface area contributed by atoms with Crippen molar-refractivity contribution in [3.63, 3.8) is 0 Å². The predicted molar refractivity (Wildman–Crippen MR) is 145 cm³/mol. The lowest BCUT2D eigenvalue weighted by Crippen LogP contribution is -2.43. The van der Waals surface area contributed by atoms with Crippen molar-refractivity contribution in [1.29, 1.82) is 0 Å². The summed E-state index contributed by atoms with van der Waals surface area (Å²) < 4.78 is 37.8. The second-order valence-electron chi connectivity index (χ2n) is 12.6. The fourth-order valence-corrected chi connectivity index (χ4v) is 6.78. The Hall–Kier alpha value is -1.06. The zero-order chi connectivity index (χ0) is 27.2. The maximum atomic E-state index is 10.9. The van der Waals surface area contributed by atoms with Crippen molar-refractivity contribution < 1.29 is 33.5 Å². The Balaban J connectivity index is 1.13. The highest BCUT2D eigenvalue weighted by Crippen LogP contribution is 2.49. The number of hydrogen-bond donors (Lipinski definition) is 1. The highest BCUT2D eigenvalue weighted by molar-refractivity contribution is 5.12. The van der Waals surface area contributed by atoms with Crippen molar-refractivity contribution >= 4 is 0 Å². The molecule has 0 aromatic carbocycles. The van der Waals surface area contributed by atoms with Crippen LogP contribution in [-0.4, -0.2) is 79.0 Å². The van der Waals surface area contributed by atoms with E-state index in [1.54, 1.807) is 0 Å². The van der Waals surface area contributed by atoms with Crippen LogP contribution in [0.3, 0.4) is 0 Å². The lowest BCUT2D eigenvalue weighted by molar-refractivity contribution is -0.258. The minimum absolute atomic E-state index is 0.0681. The second-order valence-corrected chi connectivity index (χ2v) is 12.6. The zero-order valence-corrected chi connectivity index (χ0v) is 23.7. The molecule has 6 rings (SSSR count). The molecule has 12 atom stereocenters. The van der Waals surface area contributed by atoms with Gasteiger partial charge in [-0.3, -0.25) is 0 Å². The van der Waals surface area contributed by atoms with Gasteiger partial charge in [-0.1, -0.05) is 39.2 Å². The molecule has 6 heterocycles. The molecule has 1 N–H and O–H groups in total. The van der Waals surface area contributed by atoms with Crippen molar-refractivity contribution in [2.45, 2.75) is 133 Å². The van der Waals surface area contributed by atoms with E-state index in [0.717, 1.165) is 37.7 Å². The topological polar surface area (TPSA) is 75.6 Å². The first-order valence-corrected chi connectivity index (χ1v) is 14.6. The largest absolute Gasteiger partial charge is 0.387 e. The first kappa shape index (κ1) is 28.5. The van der Waals surface area contributed by atoms with E-state index in [1.165, 1.54) is 11.1 Å². The van der Waals surface area contributed by atoms with E-state index in [9.17, 15) is 5.11 Å².